The van der Waals surface area contributed by atoms with Gasteiger partial charge in [-0.25, -0.2) is 0 Å². The van der Waals surface area contributed by atoms with Gasteiger partial charge in [0.2, 0.25) is 5.91 Å². The SMILES string of the molecule is Cc1cccc(NCCC(=O)NC(C)(C)C)c1. The maximum absolute atomic E-state index is 11.6. The highest BCUT2D eigenvalue weighted by Crippen LogP contribution is 2.09. The molecule has 0 aliphatic heterocycles. The summed E-state index contributed by atoms with van der Waals surface area (Å²) in [7, 11) is 0. The van der Waals surface area contributed by atoms with Gasteiger partial charge in [0.25, 0.3) is 0 Å². The third-order valence-electron chi connectivity index (χ3n) is 2.21. The van der Waals surface area contributed by atoms with E-state index >= 15 is 0 Å². The van der Waals surface area contributed by atoms with Crippen LogP contribution in [0.2, 0.25) is 0 Å². The summed E-state index contributed by atoms with van der Waals surface area (Å²) in [6.07, 6.45) is 0.491. The molecule has 0 saturated heterocycles. The van der Waals surface area contributed by atoms with E-state index in [2.05, 4.69) is 29.7 Å². The fraction of sp³-hybridized carbons (Fsp3) is 0.500. The monoisotopic (exact) mass is 234 g/mol. The van der Waals surface area contributed by atoms with Gasteiger partial charge in [0, 0.05) is 24.2 Å². The third kappa shape index (κ3) is 5.95. The maximum Gasteiger partial charge on any atom is 0.222 e. The fourth-order valence-corrected chi connectivity index (χ4v) is 1.56. The van der Waals surface area contributed by atoms with E-state index < -0.39 is 0 Å². The summed E-state index contributed by atoms with van der Waals surface area (Å²) in [5.74, 6) is 0.0812. The second-order valence-electron chi connectivity index (χ2n) is 5.34. The molecule has 1 rings (SSSR count). The molecule has 0 fully saturated rings. The Labute approximate surface area is 104 Å². The molecule has 0 aromatic heterocycles. The fourth-order valence-electron chi connectivity index (χ4n) is 1.56. The van der Waals surface area contributed by atoms with E-state index in [9.17, 15) is 4.79 Å². The van der Waals surface area contributed by atoms with Crippen molar-refractivity contribution in [2.75, 3.05) is 11.9 Å². The van der Waals surface area contributed by atoms with Crippen LogP contribution in [-0.4, -0.2) is 18.0 Å². The first-order chi connectivity index (χ1) is 7.87. The van der Waals surface area contributed by atoms with Crippen LogP contribution >= 0.6 is 0 Å². The summed E-state index contributed by atoms with van der Waals surface area (Å²) < 4.78 is 0. The van der Waals surface area contributed by atoms with Crippen LogP contribution < -0.4 is 10.6 Å². The predicted molar refractivity (Wildman–Crippen MR) is 72.2 cm³/mol. The third-order valence-corrected chi connectivity index (χ3v) is 2.21. The smallest absolute Gasteiger partial charge is 0.222 e. The highest BCUT2D eigenvalue weighted by atomic mass is 16.1. The highest BCUT2D eigenvalue weighted by Gasteiger charge is 2.12. The number of rotatable bonds is 4. The van der Waals surface area contributed by atoms with Gasteiger partial charge < -0.3 is 10.6 Å². The molecule has 0 heterocycles. The van der Waals surface area contributed by atoms with Crippen molar-refractivity contribution in [3.63, 3.8) is 0 Å². The van der Waals surface area contributed by atoms with Crippen molar-refractivity contribution in [2.24, 2.45) is 0 Å². The Bertz CT molecular complexity index is 380. The molecule has 0 spiro atoms. The summed E-state index contributed by atoms with van der Waals surface area (Å²) in [5, 5.41) is 6.18. The molecule has 0 bridgehead atoms. The minimum Gasteiger partial charge on any atom is -0.385 e. The van der Waals surface area contributed by atoms with Crippen LogP contribution in [0.25, 0.3) is 0 Å². The van der Waals surface area contributed by atoms with Gasteiger partial charge in [0.1, 0.15) is 0 Å². The average molecular weight is 234 g/mol. The van der Waals surface area contributed by atoms with Crippen LogP contribution in [0.4, 0.5) is 5.69 Å². The van der Waals surface area contributed by atoms with Crippen LogP contribution in [0.3, 0.4) is 0 Å². The molecule has 0 aliphatic carbocycles. The topological polar surface area (TPSA) is 41.1 Å². The second-order valence-corrected chi connectivity index (χ2v) is 5.34. The molecule has 0 aliphatic rings. The van der Waals surface area contributed by atoms with Crippen LogP contribution in [-0.2, 0) is 4.79 Å². The highest BCUT2D eigenvalue weighted by molar-refractivity contribution is 5.77. The number of carbonyl (C=O) groups is 1. The molecule has 94 valence electrons. The summed E-state index contributed by atoms with van der Waals surface area (Å²) in [6, 6.07) is 8.14. The average Bonchev–Trinajstić information content (AvgIpc) is 2.14. The number of carbonyl (C=O) groups excluding carboxylic acids is 1. The van der Waals surface area contributed by atoms with E-state index in [4.69, 9.17) is 0 Å². The Balaban J connectivity index is 2.31. The van der Waals surface area contributed by atoms with Gasteiger partial charge in [0.05, 0.1) is 0 Å². The van der Waals surface area contributed by atoms with E-state index in [1.54, 1.807) is 0 Å². The van der Waals surface area contributed by atoms with Crippen molar-refractivity contribution in [3.8, 4) is 0 Å². The van der Waals surface area contributed by atoms with Crippen molar-refractivity contribution >= 4 is 11.6 Å². The number of hydrogen-bond donors (Lipinski definition) is 2. The van der Waals surface area contributed by atoms with Crippen LogP contribution in [0.5, 0.6) is 0 Å². The molecule has 0 atom stereocenters. The van der Waals surface area contributed by atoms with Crippen molar-refractivity contribution in [3.05, 3.63) is 29.8 Å². The molecule has 3 heteroatoms. The molecule has 0 saturated carbocycles. The molecular formula is C14H22N2O. The number of anilines is 1. The largest absolute Gasteiger partial charge is 0.385 e. The van der Waals surface area contributed by atoms with Crippen molar-refractivity contribution in [1.29, 1.82) is 0 Å². The quantitative estimate of drug-likeness (QED) is 0.841. The van der Waals surface area contributed by atoms with Crippen molar-refractivity contribution < 1.29 is 4.79 Å². The number of benzene rings is 1. The molecule has 1 amide bonds. The van der Waals surface area contributed by atoms with E-state index in [0.29, 0.717) is 13.0 Å². The standard InChI is InChI=1S/C14H22N2O/c1-11-6-5-7-12(10-11)15-9-8-13(17)16-14(2,3)4/h5-7,10,15H,8-9H2,1-4H3,(H,16,17). The van der Waals surface area contributed by atoms with Gasteiger partial charge in [0.15, 0.2) is 0 Å². The molecule has 2 N–H and O–H groups in total. The Morgan fingerprint density at radius 2 is 2.00 bits per heavy atom. The normalized spacial score (nSPS) is 11.1. The number of amides is 1. The molecule has 17 heavy (non-hydrogen) atoms. The van der Waals surface area contributed by atoms with E-state index in [1.165, 1.54) is 5.56 Å². The summed E-state index contributed by atoms with van der Waals surface area (Å²) in [5.41, 5.74) is 2.13. The van der Waals surface area contributed by atoms with Crippen LogP contribution in [0.1, 0.15) is 32.8 Å². The minimum atomic E-state index is -0.152. The maximum atomic E-state index is 11.6. The number of nitrogens with one attached hydrogen (secondary N) is 2. The lowest BCUT2D eigenvalue weighted by molar-refractivity contribution is -0.122. The Morgan fingerprint density at radius 1 is 1.29 bits per heavy atom. The first kappa shape index (κ1) is 13.6. The lowest BCUT2D eigenvalue weighted by Crippen LogP contribution is -2.41. The first-order valence-corrected chi connectivity index (χ1v) is 5.98. The van der Waals surface area contributed by atoms with E-state index in [1.807, 2.05) is 32.9 Å². The zero-order valence-electron chi connectivity index (χ0n) is 11.1. The van der Waals surface area contributed by atoms with Gasteiger partial charge >= 0.3 is 0 Å². The Kier molecular flexibility index (Phi) is 4.55. The lowest BCUT2D eigenvalue weighted by Gasteiger charge is -2.20. The first-order valence-electron chi connectivity index (χ1n) is 5.98. The van der Waals surface area contributed by atoms with Gasteiger partial charge in [-0.15, -0.1) is 0 Å². The van der Waals surface area contributed by atoms with Gasteiger partial charge in [-0.2, -0.15) is 0 Å². The van der Waals surface area contributed by atoms with E-state index in [0.717, 1.165) is 5.69 Å². The molecular weight excluding hydrogens is 212 g/mol. The lowest BCUT2D eigenvalue weighted by atomic mass is 10.1. The zero-order chi connectivity index (χ0) is 12.9. The molecule has 1 aromatic rings. The Hall–Kier alpha value is -1.51. The van der Waals surface area contributed by atoms with Gasteiger partial charge in [-0.3, -0.25) is 4.79 Å². The Morgan fingerprint density at radius 3 is 2.59 bits per heavy atom. The zero-order valence-corrected chi connectivity index (χ0v) is 11.1. The molecule has 0 radical (unpaired) electrons. The van der Waals surface area contributed by atoms with Crippen LogP contribution in [0, 0.1) is 6.92 Å². The minimum absolute atomic E-state index is 0.0812. The molecule has 0 unspecified atom stereocenters. The van der Waals surface area contributed by atoms with Crippen molar-refractivity contribution in [1.82, 2.24) is 5.32 Å². The summed E-state index contributed by atoms with van der Waals surface area (Å²) in [6.45, 7) is 8.67. The summed E-state index contributed by atoms with van der Waals surface area (Å²) >= 11 is 0. The summed E-state index contributed by atoms with van der Waals surface area (Å²) in [4.78, 5) is 11.6. The molecule has 3 nitrogen and oxygen atoms in total. The van der Waals surface area contributed by atoms with Crippen molar-refractivity contribution in [2.45, 2.75) is 39.7 Å². The van der Waals surface area contributed by atoms with Crippen LogP contribution in [0.15, 0.2) is 24.3 Å². The van der Waals surface area contributed by atoms with Gasteiger partial charge in [-0.1, -0.05) is 12.1 Å². The molecule has 1 aromatic carbocycles. The number of hydrogen-bond acceptors (Lipinski definition) is 2. The number of aryl methyl sites for hydroxylation is 1. The predicted octanol–water partition coefficient (Wildman–Crippen LogP) is 2.71. The van der Waals surface area contributed by atoms with E-state index in [-0.39, 0.29) is 11.4 Å². The van der Waals surface area contributed by atoms with Gasteiger partial charge in [-0.05, 0) is 45.4 Å². The second kappa shape index (κ2) is 5.71.